The minimum atomic E-state index is -0.375. The fourth-order valence-corrected chi connectivity index (χ4v) is 2.09. The van der Waals surface area contributed by atoms with Crippen LogP contribution in [0.2, 0.25) is 0 Å². The van der Waals surface area contributed by atoms with Crippen molar-refractivity contribution < 1.29 is 9.18 Å². The van der Waals surface area contributed by atoms with Crippen LogP contribution in [0, 0.1) is 5.82 Å². The van der Waals surface area contributed by atoms with Crippen LogP contribution in [0.1, 0.15) is 56.2 Å². The number of nitrogens with two attached hydrogens (primary N) is 1. The Morgan fingerprint density at radius 2 is 1.59 bits per heavy atom. The Balaban J connectivity index is 3.41. The lowest BCUT2D eigenvalue weighted by atomic mass is 9.87. The molecule has 0 spiro atoms. The van der Waals surface area contributed by atoms with Crippen LogP contribution in [0.4, 0.5) is 4.39 Å². The van der Waals surface area contributed by atoms with E-state index in [-0.39, 0.29) is 30.0 Å². The van der Waals surface area contributed by atoms with Crippen molar-refractivity contribution in [2.24, 2.45) is 5.73 Å². The van der Waals surface area contributed by atoms with E-state index in [0.717, 1.165) is 16.7 Å². The van der Waals surface area contributed by atoms with Crippen molar-refractivity contribution in [2.75, 3.05) is 0 Å². The summed E-state index contributed by atoms with van der Waals surface area (Å²) in [5.41, 5.74) is 7.92. The molecular weight excluding hydrogens is 217 g/mol. The zero-order chi connectivity index (χ0) is 13.2. The average molecular weight is 237 g/mol. The normalized spacial score (nSPS) is 11.2. The van der Waals surface area contributed by atoms with Crippen LogP contribution in [0.25, 0.3) is 0 Å². The Morgan fingerprint density at radius 1 is 1.18 bits per heavy atom. The van der Waals surface area contributed by atoms with Crippen LogP contribution in [0.5, 0.6) is 0 Å². The van der Waals surface area contributed by atoms with Gasteiger partial charge in [-0.1, -0.05) is 27.7 Å². The Labute approximate surface area is 102 Å². The van der Waals surface area contributed by atoms with Crippen LogP contribution in [0.15, 0.2) is 12.1 Å². The van der Waals surface area contributed by atoms with Gasteiger partial charge in [0, 0.05) is 0 Å². The van der Waals surface area contributed by atoms with Crippen LogP contribution in [-0.2, 0) is 11.2 Å². The van der Waals surface area contributed by atoms with Crippen molar-refractivity contribution in [3.05, 3.63) is 34.6 Å². The molecule has 0 saturated heterocycles. The van der Waals surface area contributed by atoms with E-state index in [1.807, 2.05) is 27.7 Å². The van der Waals surface area contributed by atoms with E-state index in [1.165, 1.54) is 12.1 Å². The molecule has 0 aromatic heterocycles. The quantitative estimate of drug-likeness (QED) is 0.859. The minimum absolute atomic E-state index is 0.178. The zero-order valence-electron chi connectivity index (χ0n) is 10.9. The number of rotatable bonds is 4. The summed E-state index contributed by atoms with van der Waals surface area (Å²) in [6.07, 6.45) is 0.182. The standard InChI is InChI=1S/C14H20FNO/c1-8(2)11-5-10(15)6-12(9(3)4)13(11)7-14(16)17/h5-6,8-9H,7H2,1-4H3,(H2,16,17). The first kappa shape index (κ1) is 13.7. The predicted molar refractivity (Wildman–Crippen MR) is 67.5 cm³/mol. The van der Waals surface area contributed by atoms with Gasteiger partial charge in [0.05, 0.1) is 6.42 Å². The number of hydrogen-bond acceptors (Lipinski definition) is 1. The van der Waals surface area contributed by atoms with E-state index < -0.39 is 0 Å². The van der Waals surface area contributed by atoms with Crippen LogP contribution in [-0.4, -0.2) is 5.91 Å². The topological polar surface area (TPSA) is 43.1 Å². The summed E-state index contributed by atoms with van der Waals surface area (Å²) < 4.78 is 13.5. The Hall–Kier alpha value is -1.38. The molecule has 1 aromatic carbocycles. The number of primary amides is 1. The van der Waals surface area contributed by atoms with E-state index in [4.69, 9.17) is 5.73 Å². The average Bonchev–Trinajstić information content (AvgIpc) is 2.18. The summed E-state index contributed by atoms with van der Waals surface area (Å²) in [5, 5.41) is 0. The number of hydrogen-bond donors (Lipinski definition) is 1. The van der Waals surface area contributed by atoms with Gasteiger partial charge in [-0.25, -0.2) is 4.39 Å². The molecule has 1 rings (SSSR count). The lowest BCUT2D eigenvalue weighted by Gasteiger charge is -2.19. The number of benzene rings is 1. The SMILES string of the molecule is CC(C)c1cc(F)cc(C(C)C)c1CC(N)=O. The molecule has 2 nitrogen and oxygen atoms in total. The number of halogens is 1. The highest BCUT2D eigenvalue weighted by Crippen LogP contribution is 2.29. The second kappa shape index (κ2) is 5.30. The number of carbonyl (C=O) groups excluding carboxylic acids is 1. The zero-order valence-corrected chi connectivity index (χ0v) is 10.9. The third-order valence-corrected chi connectivity index (χ3v) is 2.88. The van der Waals surface area contributed by atoms with Crippen molar-refractivity contribution >= 4 is 5.91 Å². The van der Waals surface area contributed by atoms with Gasteiger partial charge in [-0.2, -0.15) is 0 Å². The highest BCUT2D eigenvalue weighted by Gasteiger charge is 2.17. The molecule has 17 heavy (non-hydrogen) atoms. The van der Waals surface area contributed by atoms with Gasteiger partial charge in [-0.05, 0) is 40.7 Å². The van der Waals surface area contributed by atoms with Gasteiger partial charge in [0.25, 0.3) is 0 Å². The second-order valence-corrected chi connectivity index (χ2v) is 5.02. The molecule has 1 aromatic rings. The van der Waals surface area contributed by atoms with Gasteiger partial charge in [0.1, 0.15) is 5.82 Å². The van der Waals surface area contributed by atoms with Gasteiger partial charge >= 0.3 is 0 Å². The molecule has 2 N–H and O–H groups in total. The summed E-state index contributed by atoms with van der Waals surface area (Å²) in [7, 11) is 0. The highest BCUT2D eigenvalue weighted by atomic mass is 19.1. The molecule has 1 amide bonds. The predicted octanol–water partition coefficient (Wildman–Crippen LogP) is 3.10. The number of amides is 1. The van der Waals surface area contributed by atoms with Gasteiger partial charge in [-0.3, -0.25) is 4.79 Å². The van der Waals surface area contributed by atoms with Gasteiger partial charge in [-0.15, -0.1) is 0 Å². The molecule has 0 aliphatic rings. The highest BCUT2D eigenvalue weighted by molar-refractivity contribution is 5.77. The van der Waals surface area contributed by atoms with Crippen molar-refractivity contribution in [1.29, 1.82) is 0 Å². The maximum atomic E-state index is 13.5. The van der Waals surface area contributed by atoms with Crippen LogP contribution in [0.3, 0.4) is 0 Å². The van der Waals surface area contributed by atoms with Crippen molar-refractivity contribution in [1.82, 2.24) is 0 Å². The Kier molecular flexibility index (Phi) is 4.27. The first-order chi connectivity index (χ1) is 7.82. The maximum absolute atomic E-state index is 13.5. The second-order valence-electron chi connectivity index (χ2n) is 5.02. The largest absolute Gasteiger partial charge is 0.369 e. The van der Waals surface area contributed by atoms with E-state index in [1.54, 1.807) is 0 Å². The molecule has 0 saturated carbocycles. The van der Waals surface area contributed by atoms with E-state index in [0.29, 0.717) is 0 Å². The van der Waals surface area contributed by atoms with Gasteiger partial charge < -0.3 is 5.73 Å². The fraction of sp³-hybridized carbons (Fsp3) is 0.500. The van der Waals surface area contributed by atoms with Crippen molar-refractivity contribution in [3.63, 3.8) is 0 Å². The number of carbonyl (C=O) groups is 1. The molecule has 0 aliphatic heterocycles. The van der Waals surface area contributed by atoms with E-state index >= 15 is 0 Å². The molecule has 0 atom stereocenters. The molecule has 94 valence electrons. The Bertz CT molecular complexity index is 395. The summed E-state index contributed by atoms with van der Waals surface area (Å²) in [6, 6.07) is 3.02. The van der Waals surface area contributed by atoms with Crippen LogP contribution >= 0.6 is 0 Å². The van der Waals surface area contributed by atoms with Crippen molar-refractivity contribution in [3.8, 4) is 0 Å². The Morgan fingerprint density at radius 3 is 1.88 bits per heavy atom. The maximum Gasteiger partial charge on any atom is 0.221 e. The monoisotopic (exact) mass is 237 g/mol. The molecule has 0 heterocycles. The first-order valence-corrected chi connectivity index (χ1v) is 5.93. The van der Waals surface area contributed by atoms with Crippen molar-refractivity contribution in [2.45, 2.75) is 46.0 Å². The summed E-state index contributed by atoms with van der Waals surface area (Å²) >= 11 is 0. The summed E-state index contributed by atoms with van der Waals surface area (Å²) in [5.74, 6) is -0.263. The lowest BCUT2D eigenvalue weighted by molar-refractivity contribution is -0.117. The smallest absolute Gasteiger partial charge is 0.221 e. The first-order valence-electron chi connectivity index (χ1n) is 5.93. The third-order valence-electron chi connectivity index (χ3n) is 2.88. The van der Waals surface area contributed by atoms with Gasteiger partial charge in [0.2, 0.25) is 5.91 Å². The minimum Gasteiger partial charge on any atom is -0.369 e. The molecule has 0 bridgehead atoms. The molecule has 0 radical (unpaired) electrons. The fourth-order valence-electron chi connectivity index (χ4n) is 2.09. The third kappa shape index (κ3) is 3.29. The molecular formula is C14H20FNO. The molecule has 0 aliphatic carbocycles. The summed E-state index contributed by atoms with van der Waals surface area (Å²) in [6.45, 7) is 7.96. The van der Waals surface area contributed by atoms with E-state index in [2.05, 4.69) is 0 Å². The lowest BCUT2D eigenvalue weighted by Crippen LogP contribution is -2.17. The molecule has 3 heteroatoms. The van der Waals surface area contributed by atoms with Crippen LogP contribution < -0.4 is 5.73 Å². The molecule has 0 unspecified atom stereocenters. The summed E-state index contributed by atoms with van der Waals surface area (Å²) in [4.78, 5) is 11.1. The van der Waals surface area contributed by atoms with E-state index in [9.17, 15) is 9.18 Å². The van der Waals surface area contributed by atoms with Gasteiger partial charge in [0.15, 0.2) is 0 Å². The molecule has 0 fully saturated rings.